The molecule has 0 aliphatic carbocycles. The molecule has 2 radical (unpaired) electrons. The van der Waals surface area contributed by atoms with Gasteiger partial charge in [-0.05, 0) is 19.4 Å². The molecule has 0 bridgehead atoms. The van der Waals surface area contributed by atoms with Gasteiger partial charge in [0.05, 0.1) is 13.4 Å². The zero-order valence-corrected chi connectivity index (χ0v) is 10.9. The van der Waals surface area contributed by atoms with Gasteiger partial charge in [0.25, 0.3) is 0 Å². The van der Waals surface area contributed by atoms with Gasteiger partial charge >= 0.3 is 12.4 Å². The molecule has 0 nitrogen and oxygen atoms in total. The summed E-state index contributed by atoms with van der Waals surface area (Å²) in [5.41, 5.74) is -2.63. The van der Waals surface area contributed by atoms with E-state index < -0.39 is 28.8 Å². The summed E-state index contributed by atoms with van der Waals surface area (Å²) in [7, 11) is 5.67. The molecule has 0 aliphatic heterocycles. The lowest BCUT2D eigenvalue weighted by atomic mass is 9.66. The number of hydrogen-bond donors (Lipinski definition) is 0. The number of rotatable bonds is 4. The van der Waals surface area contributed by atoms with Crippen molar-refractivity contribution in [1.29, 1.82) is 0 Å². The highest BCUT2D eigenvalue weighted by atomic mass is 19.4. The van der Waals surface area contributed by atoms with Crippen molar-refractivity contribution in [2.75, 3.05) is 0 Å². The lowest BCUT2D eigenvalue weighted by Gasteiger charge is -2.21. The average Bonchev–Trinajstić information content (AvgIpc) is 2.20. The van der Waals surface area contributed by atoms with Crippen LogP contribution in [0.2, 0.25) is 5.31 Å². The van der Waals surface area contributed by atoms with Gasteiger partial charge in [0, 0.05) is 5.57 Å². The Bertz CT molecular complexity index is 359. The van der Waals surface area contributed by atoms with Gasteiger partial charge in [0.1, 0.15) is 0 Å². The second-order valence-electron chi connectivity index (χ2n) is 4.69. The third kappa shape index (κ3) is 6.73. The highest BCUT2D eigenvalue weighted by molar-refractivity contribution is 6.14. The van der Waals surface area contributed by atoms with Crippen LogP contribution in [0.25, 0.3) is 0 Å². The maximum atomic E-state index is 12.6. The summed E-state index contributed by atoms with van der Waals surface area (Å²) in [6, 6.07) is 0. The predicted molar refractivity (Wildman–Crippen MR) is 63.0 cm³/mol. The molecule has 0 heterocycles. The van der Waals surface area contributed by atoms with E-state index in [-0.39, 0.29) is 12.5 Å². The number of hydrogen-bond acceptors (Lipinski definition) is 0. The van der Waals surface area contributed by atoms with Crippen LogP contribution in [0.4, 0.5) is 26.3 Å². The maximum Gasteiger partial charge on any atom is 0.416 e. The van der Waals surface area contributed by atoms with E-state index in [2.05, 4.69) is 0 Å². The normalized spacial score (nSPS) is 18.4. The minimum Gasteiger partial charge on any atom is -0.166 e. The Kier molecular flexibility index (Phi) is 5.77. The molecule has 0 aromatic carbocycles. The number of halogens is 6. The molecule has 0 saturated carbocycles. The largest absolute Gasteiger partial charge is 0.416 e. The van der Waals surface area contributed by atoms with E-state index in [1.165, 1.54) is 6.92 Å². The molecular formula is C12H15BF6. The first-order valence-corrected chi connectivity index (χ1v) is 5.61. The zero-order valence-electron chi connectivity index (χ0n) is 10.9. The van der Waals surface area contributed by atoms with Crippen LogP contribution in [-0.4, -0.2) is 20.2 Å². The van der Waals surface area contributed by atoms with Gasteiger partial charge < -0.3 is 0 Å². The van der Waals surface area contributed by atoms with Gasteiger partial charge in [-0.15, -0.1) is 0 Å². The minimum atomic E-state index is -4.84. The van der Waals surface area contributed by atoms with Crippen molar-refractivity contribution in [3.63, 3.8) is 0 Å². The molecule has 0 aromatic rings. The van der Waals surface area contributed by atoms with Gasteiger partial charge in [0.15, 0.2) is 0 Å². The SMILES string of the molecule is [B]C(C)(CC)C/C=C(\C=C(/C)C(F)(F)F)C(F)(F)F. The van der Waals surface area contributed by atoms with Crippen molar-refractivity contribution in [2.24, 2.45) is 0 Å². The van der Waals surface area contributed by atoms with Crippen LogP contribution >= 0.6 is 0 Å². The van der Waals surface area contributed by atoms with Crippen LogP contribution < -0.4 is 0 Å². The number of allylic oxidation sites excluding steroid dienone is 4. The van der Waals surface area contributed by atoms with Crippen LogP contribution in [0.3, 0.4) is 0 Å². The standard InChI is InChI=1S/C12H15BF6/c1-4-10(3,13)6-5-9(12(17,18)19)7-8(2)11(14,15)16/h5,7H,4,6H2,1-3H3/b8-7+,9-5+. The van der Waals surface area contributed by atoms with E-state index in [1.807, 2.05) is 0 Å². The first-order chi connectivity index (χ1) is 8.29. The van der Waals surface area contributed by atoms with Crippen LogP contribution in [-0.2, 0) is 0 Å². The molecule has 0 aromatic heterocycles. The molecular weight excluding hydrogens is 269 g/mol. The molecule has 19 heavy (non-hydrogen) atoms. The molecule has 1 atom stereocenters. The van der Waals surface area contributed by atoms with Crippen LogP contribution in [0.5, 0.6) is 0 Å². The quantitative estimate of drug-likeness (QED) is 0.381. The molecule has 108 valence electrons. The molecule has 7 heteroatoms. The highest BCUT2D eigenvalue weighted by Crippen LogP contribution is 2.36. The molecule has 0 amide bonds. The Morgan fingerprint density at radius 2 is 1.53 bits per heavy atom. The summed E-state index contributed by atoms with van der Waals surface area (Å²) in [6.07, 6.45) is -8.54. The Balaban J connectivity index is 5.34. The van der Waals surface area contributed by atoms with Gasteiger partial charge in [-0.3, -0.25) is 0 Å². The first-order valence-electron chi connectivity index (χ1n) is 5.61. The van der Waals surface area contributed by atoms with Crippen molar-refractivity contribution in [3.8, 4) is 0 Å². The fourth-order valence-electron chi connectivity index (χ4n) is 1.06. The van der Waals surface area contributed by atoms with E-state index >= 15 is 0 Å². The second-order valence-corrected chi connectivity index (χ2v) is 4.69. The molecule has 0 rings (SSSR count). The summed E-state index contributed by atoms with van der Waals surface area (Å²) in [6.45, 7) is 3.83. The summed E-state index contributed by atoms with van der Waals surface area (Å²) in [5, 5.41) is -0.878. The summed E-state index contributed by atoms with van der Waals surface area (Å²) >= 11 is 0. The Morgan fingerprint density at radius 3 is 1.84 bits per heavy atom. The highest BCUT2D eigenvalue weighted by Gasteiger charge is 2.36. The summed E-state index contributed by atoms with van der Waals surface area (Å²) < 4.78 is 74.6. The maximum absolute atomic E-state index is 12.6. The molecule has 0 fully saturated rings. The molecule has 0 aliphatic rings. The van der Waals surface area contributed by atoms with Crippen molar-refractivity contribution in [3.05, 3.63) is 23.3 Å². The Labute approximate surface area is 110 Å². The number of alkyl halides is 6. The van der Waals surface area contributed by atoms with Gasteiger partial charge in [-0.25, -0.2) is 0 Å². The fourth-order valence-corrected chi connectivity index (χ4v) is 1.06. The van der Waals surface area contributed by atoms with E-state index in [1.54, 1.807) is 6.92 Å². The summed E-state index contributed by atoms with van der Waals surface area (Å²) in [4.78, 5) is 0. The van der Waals surface area contributed by atoms with Crippen molar-refractivity contribution >= 4 is 7.85 Å². The zero-order chi connectivity index (χ0) is 15.5. The predicted octanol–water partition coefficient (Wildman–Crippen LogP) is 5.13. The second kappa shape index (κ2) is 6.05. The van der Waals surface area contributed by atoms with Crippen LogP contribution in [0.15, 0.2) is 23.3 Å². The monoisotopic (exact) mass is 284 g/mol. The third-order valence-corrected chi connectivity index (χ3v) is 2.74. The van der Waals surface area contributed by atoms with Gasteiger partial charge in [-0.1, -0.05) is 31.7 Å². The molecule has 0 spiro atoms. The lowest BCUT2D eigenvalue weighted by Crippen LogP contribution is -2.15. The smallest absolute Gasteiger partial charge is 0.166 e. The lowest BCUT2D eigenvalue weighted by molar-refractivity contribution is -0.0954. The minimum absolute atomic E-state index is 0.103. The topological polar surface area (TPSA) is 0 Å². The van der Waals surface area contributed by atoms with E-state index in [0.717, 1.165) is 0 Å². The van der Waals surface area contributed by atoms with Crippen molar-refractivity contribution in [2.45, 2.75) is 51.3 Å². The van der Waals surface area contributed by atoms with Crippen molar-refractivity contribution in [1.82, 2.24) is 0 Å². The van der Waals surface area contributed by atoms with E-state index in [4.69, 9.17) is 7.85 Å². The van der Waals surface area contributed by atoms with Crippen LogP contribution in [0, 0.1) is 0 Å². The molecule has 0 saturated heterocycles. The first kappa shape index (κ1) is 18.1. The Hall–Kier alpha value is -0.875. The molecule has 0 N–H and O–H groups in total. The average molecular weight is 284 g/mol. The van der Waals surface area contributed by atoms with Gasteiger partial charge in [-0.2, -0.15) is 26.3 Å². The third-order valence-electron chi connectivity index (χ3n) is 2.74. The Morgan fingerprint density at radius 1 is 1.05 bits per heavy atom. The molecule has 1 unspecified atom stereocenters. The van der Waals surface area contributed by atoms with E-state index in [9.17, 15) is 26.3 Å². The fraction of sp³-hybridized carbons (Fsp3) is 0.667. The van der Waals surface area contributed by atoms with Crippen molar-refractivity contribution < 1.29 is 26.3 Å². The summed E-state index contributed by atoms with van der Waals surface area (Å²) in [5.74, 6) is 0. The van der Waals surface area contributed by atoms with Crippen LogP contribution in [0.1, 0.15) is 33.6 Å². The van der Waals surface area contributed by atoms with Gasteiger partial charge in [0.2, 0.25) is 0 Å². The van der Waals surface area contributed by atoms with E-state index in [0.29, 0.717) is 19.4 Å².